The standard InChI is InChI=1S/C15H12ClFN2O/c1-9-6-11(7-14(16)18-9)15(20)19-5-4-10-2-3-12(17)8-13(10)19/h2-3,6-8H,4-5H2,1H3. The predicted molar refractivity (Wildman–Crippen MR) is 75.8 cm³/mol. The lowest BCUT2D eigenvalue weighted by Crippen LogP contribution is -2.29. The molecule has 0 bridgehead atoms. The normalized spacial score (nSPS) is 13.4. The molecule has 1 aliphatic heterocycles. The second kappa shape index (κ2) is 4.87. The van der Waals surface area contributed by atoms with Crippen LogP contribution in [0.4, 0.5) is 10.1 Å². The summed E-state index contributed by atoms with van der Waals surface area (Å²) in [5.74, 6) is -0.519. The summed E-state index contributed by atoms with van der Waals surface area (Å²) in [4.78, 5) is 18.2. The monoisotopic (exact) mass is 290 g/mol. The molecular weight excluding hydrogens is 279 g/mol. The van der Waals surface area contributed by atoms with Crippen LogP contribution in [0.25, 0.3) is 0 Å². The summed E-state index contributed by atoms with van der Waals surface area (Å²) < 4.78 is 13.4. The third-order valence-corrected chi connectivity index (χ3v) is 3.55. The van der Waals surface area contributed by atoms with E-state index in [9.17, 15) is 9.18 Å². The van der Waals surface area contributed by atoms with Gasteiger partial charge in [0.1, 0.15) is 11.0 Å². The number of hydrogen-bond acceptors (Lipinski definition) is 2. The predicted octanol–water partition coefficient (Wildman–Crippen LogP) is 3.39. The van der Waals surface area contributed by atoms with Crippen LogP contribution in [0, 0.1) is 12.7 Å². The summed E-state index contributed by atoms with van der Waals surface area (Å²) in [5.41, 5.74) is 2.77. The highest BCUT2D eigenvalue weighted by atomic mass is 35.5. The molecule has 20 heavy (non-hydrogen) atoms. The minimum Gasteiger partial charge on any atom is -0.308 e. The lowest BCUT2D eigenvalue weighted by Gasteiger charge is -2.17. The molecule has 0 saturated heterocycles. The summed E-state index contributed by atoms with van der Waals surface area (Å²) in [6.07, 6.45) is 0.735. The van der Waals surface area contributed by atoms with Gasteiger partial charge < -0.3 is 4.90 Å². The Morgan fingerprint density at radius 3 is 2.90 bits per heavy atom. The molecule has 102 valence electrons. The highest BCUT2D eigenvalue weighted by Gasteiger charge is 2.26. The molecule has 1 aromatic carbocycles. The van der Waals surface area contributed by atoms with Crippen molar-refractivity contribution in [3.05, 3.63) is 58.1 Å². The van der Waals surface area contributed by atoms with Gasteiger partial charge in [-0.15, -0.1) is 0 Å². The average Bonchev–Trinajstić information content (AvgIpc) is 2.79. The SMILES string of the molecule is Cc1cc(C(=O)N2CCc3ccc(F)cc32)cc(Cl)n1. The highest BCUT2D eigenvalue weighted by molar-refractivity contribution is 6.30. The van der Waals surface area contributed by atoms with E-state index in [0.29, 0.717) is 23.5 Å². The molecule has 0 atom stereocenters. The number of anilines is 1. The maximum atomic E-state index is 13.4. The van der Waals surface area contributed by atoms with E-state index in [-0.39, 0.29) is 16.9 Å². The van der Waals surface area contributed by atoms with Gasteiger partial charge in [-0.3, -0.25) is 4.79 Å². The molecule has 2 aromatic rings. The number of hydrogen-bond donors (Lipinski definition) is 0. The smallest absolute Gasteiger partial charge is 0.258 e. The van der Waals surface area contributed by atoms with E-state index in [1.54, 1.807) is 24.0 Å². The zero-order valence-corrected chi connectivity index (χ0v) is 11.6. The summed E-state index contributed by atoms with van der Waals surface area (Å²) in [7, 11) is 0. The van der Waals surface area contributed by atoms with Crippen molar-refractivity contribution in [2.24, 2.45) is 0 Å². The molecule has 0 fully saturated rings. The van der Waals surface area contributed by atoms with Gasteiger partial charge >= 0.3 is 0 Å². The zero-order valence-electron chi connectivity index (χ0n) is 10.9. The fourth-order valence-electron chi connectivity index (χ4n) is 2.47. The molecule has 0 unspecified atom stereocenters. The number of carbonyl (C=O) groups is 1. The molecule has 0 aliphatic carbocycles. The van der Waals surface area contributed by atoms with Gasteiger partial charge in [0.15, 0.2) is 0 Å². The van der Waals surface area contributed by atoms with Crippen molar-refractivity contribution in [1.29, 1.82) is 0 Å². The molecule has 5 heteroatoms. The second-order valence-corrected chi connectivity index (χ2v) is 5.19. The fraction of sp³-hybridized carbons (Fsp3) is 0.200. The molecule has 0 saturated carbocycles. The fourth-order valence-corrected chi connectivity index (χ4v) is 2.72. The number of aryl methyl sites for hydroxylation is 1. The molecular formula is C15H12ClFN2O. The van der Waals surface area contributed by atoms with Gasteiger partial charge in [-0.2, -0.15) is 0 Å². The summed E-state index contributed by atoms with van der Waals surface area (Å²) in [6.45, 7) is 2.33. The Morgan fingerprint density at radius 1 is 1.35 bits per heavy atom. The van der Waals surface area contributed by atoms with E-state index in [4.69, 9.17) is 11.6 Å². The van der Waals surface area contributed by atoms with E-state index >= 15 is 0 Å². The van der Waals surface area contributed by atoms with Crippen LogP contribution in [0.1, 0.15) is 21.6 Å². The first-order chi connectivity index (χ1) is 9.54. The second-order valence-electron chi connectivity index (χ2n) is 4.80. The van der Waals surface area contributed by atoms with Crippen LogP contribution in [-0.2, 0) is 6.42 Å². The molecule has 3 rings (SSSR count). The van der Waals surface area contributed by atoms with E-state index < -0.39 is 0 Å². The van der Waals surface area contributed by atoms with E-state index in [2.05, 4.69) is 4.98 Å². The van der Waals surface area contributed by atoms with E-state index in [1.165, 1.54) is 18.2 Å². The third kappa shape index (κ3) is 2.27. The summed E-state index contributed by atoms with van der Waals surface area (Å²) in [5, 5.41) is 0.284. The Balaban J connectivity index is 1.99. The van der Waals surface area contributed by atoms with Gasteiger partial charge in [-0.25, -0.2) is 9.37 Å². The largest absolute Gasteiger partial charge is 0.308 e. The van der Waals surface area contributed by atoms with Crippen molar-refractivity contribution in [3.63, 3.8) is 0 Å². The number of carbonyl (C=O) groups excluding carboxylic acids is 1. The number of halogens is 2. The van der Waals surface area contributed by atoms with Gasteiger partial charge in [0.05, 0.1) is 5.69 Å². The molecule has 0 spiro atoms. The quantitative estimate of drug-likeness (QED) is 0.754. The molecule has 2 heterocycles. The molecule has 3 nitrogen and oxygen atoms in total. The maximum Gasteiger partial charge on any atom is 0.258 e. The van der Waals surface area contributed by atoms with Gasteiger partial charge in [0.25, 0.3) is 5.91 Å². The van der Waals surface area contributed by atoms with Crippen LogP contribution in [0.15, 0.2) is 30.3 Å². The Hall–Kier alpha value is -1.94. The summed E-state index contributed by atoms with van der Waals surface area (Å²) in [6, 6.07) is 7.76. The van der Waals surface area contributed by atoms with Crippen molar-refractivity contribution >= 4 is 23.2 Å². The van der Waals surface area contributed by atoms with Crippen LogP contribution in [-0.4, -0.2) is 17.4 Å². The minimum absolute atomic E-state index is 0.179. The Bertz CT molecular complexity index is 682. The first kappa shape index (κ1) is 13.1. The van der Waals surface area contributed by atoms with Crippen LogP contribution >= 0.6 is 11.6 Å². The lowest BCUT2D eigenvalue weighted by molar-refractivity contribution is 0.0989. The highest BCUT2D eigenvalue weighted by Crippen LogP contribution is 2.30. The number of fused-ring (bicyclic) bond motifs is 1. The lowest BCUT2D eigenvalue weighted by atomic mass is 10.1. The first-order valence-electron chi connectivity index (χ1n) is 6.29. The third-order valence-electron chi connectivity index (χ3n) is 3.36. The van der Waals surface area contributed by atoms with Gasteiger partial charge in [-0.1, -0.05) is 17.7 Å². The number of benzene rings is 1. The van der Waals surface area contributed by atoms with Crippen LogP contribution in [0.3, 0.4) is 0 Å². The molecule has 1 aromatic heterocycles. The van der Waals surface area contributed by atoms with Crippen molar-refractivity contribution in [2.75, 3.05) is 11.4 Å². The van der Waals surface area contributed by atoms with Crippen molar-refractivity contribution in [3.8, 4) is 0 Å². The minimum atomic E-state index is -0.340. The zero-order chi connectivity index (χ0) is 14.3. The molecule has 1 aliphatic rings. The van der Waals surface area contributed by atoms with Crippen LogP contribution in [0.5, 0.6) is 0 Å². The number of aromatic nitrogens is 1. The van der Waals surface area contributed by atoms with E-state index in [1.807, 2.05) is 0 Å². The van der Waals surface area contributed by atoms with Crippen molar-refractivity contribution in [2.45, 2.75) is 13.3 Å². The number of amides is 1. The molecule has 0 N–H and O–H groups in total. The Morgan fingerprint density at radius 2 is 2.15 bits per heavy atom. The van der Waals surface area contributed by atoms with E-state index in [0.717, 1.165) is 12.0 Å². The van der Waals surface area contributed by atoms with Crippen molar-refractivity contribution in [1.82, 2.24) is 4.98 Å². The number of rotatable bonds is 1. The molecule has 0 radical (unpaired) electrons. The average molecular weight is 291 g/mol. The van der Waals surface area contributed by atoms with Crippen molar-refractivity contribution < 1.29 is 9.18 Å². The molecule has 1 amide bonds. The number of pyridine rings is 1. The van der Waals surface area contributed by atoms with Gasteiger partial charge in [-0.05, 0) is 43.2 Å². The number of nitrogens with zero attached hydrogens (tertiary/aromatic N) is 2. The Kier molecular flexibility index (Phi) is 3.18. The van der Waals surface area contributed by atoms with Gasteiger partial charge in [0, 0.05) is 17.8 Å². The topological polar surface area (TPSA) is 33.2 Å². The summed E-state index contributed by atoms with van der Waals surface area (Å²) >= 11 is 5.88. The van der Waals surface area contributed by atoms with Gasteiger partial charge in [0.2, 0.25) is 0 Å². The van der Waals surface area contributed by atoms with Crippen LogP contribution in [0.2, 0.25) is 5.15 Å². The van der Waals surface area contributed by atoms with Crippen LogP contribution < -0.4 is 4.90 Å². The first-order valence-corrected chi connectivity index (χ1v) is 6.67. The maximum absolute atomic E-state index is 13.4. The Labute approximate surface area is 121 Å².